The Morgan fingerprint density at radius 2 is 2.29 bits per heavy atom. The molecule has 0 aliphatic heterocycles. The quantitative estimate of drug-likeness (QED) is 0.485. The molecule has 0 saturated heterocycles. The molecule has 1 aromatic carbocycles. The molecule has 17 heavy (non-hydrogen) atoms. The van der Waals surface area contributed by atoms with E-state index in [1.807, 2.05) is 0 Å². The van der Waals surface area contributed by atoms with Crippen molar-refractivity contribution in [2.45, 2.75) is 6.92 Å². The van der Waals surface area contributed by atoms with Crippen molar-refractivity contribution in [1.82, 2.24) is 0 Å². The Morgan fingerprint density at radius 3 is 2.76 bits per heavy atom. The molecule has 0 radical (unpaired) electrons. The van der Waals surface area contributed by atoms with Gasteiger partial charge in [0.25, 0.3) is 5.69 Å². The van der Waals surface area contributed by atoms with Crippen LogP contribution in [0.25, 0.3) is 0 Å². The van der Waals surface area contributed by atoms with Crippen LogP contribution < -0.4 is 0 Å². The summed E-state index contributed by atoms with van der Waals surface area (Å²) in [6, 6.07) is 4.23. The molecule has 0 heterocycles. The van der Waals surface area contributed by atoms with E-state index in [0.29, 0.717) is 4.47 Å². The van der Waals surface area contributed by atoms with Crippen LogP contribution in [0.2, 0.25) is 0 Å². The Bertz CT molecular complexity index is 522. The van der Waals surface area contributed by atoms with Gasteiger partial charge in [-0.05, 0) is 13.0 Å². The standard InChI is InChI=1S/C10H7BrN2O4/c1-2-17-10(14)9-6(5-12)3-7(11)4-8(9)13(15)16/h3-4H,2H2,1H3. The lowest BCUT2D eigenvalue weighted by molar-refractivity contribution is -0.385. The molecule has 0 atom stereocenters. The number of nitro benzene ring substituents is 1. The lowest BCUT2D eigenvalue weighted by atomic mass is 10.1. The van der Waals surface area contributed by atoms with Gasteiger partial charge in [-0.15, -0.1) is 0 Å². The first-order valence-electron chi connectivity index (χ1n) is 4.56. The number of benzene rings is 1. The van der Waals surface area contributed by atoms with Crippen molar-refractivity contribution >= 4 is 27.6 Å². The second-order valence-corrected chi connectivity index (χ2v) is 3.85. The second kappa shape index (κ2) is 5.41. The molecule has 6 nitrogen and oxygen atoms in total. The van der Waals surface area contributed by atoms with Crippen LogP contribution in [-0.2, 0) is 4.74 Å². The number of esters is 1. The van der Waals surface area contributed by atoms with Gasteiger partial charge in [0.2, 0.25) is 0 Å². The SMILES string of the molecule is CCOC(=O)c1c(C#N)cc(Br)cc1[N+](=O)[O-]. The van der Waals surface area contributed by atoms with Gasteiger partial charge in [0, 0.05) is 10.5 Å². The summed E-state index contributed by atoms with van der Waals surface area (Å²) in [5.74, 6) is -0.872. The van der Waals surface area contributed by atoms with Crippen LogP contribution >= 0.6 is 15.9 Å². The minimum absolute atomic E-state index is 0.0803. The molecule has 7 heteroatoms. The van der Waals surface area contributed by atoms with Crippen molar-refractivity contribution in [3.63, 3.8) is 0 Å². The fraction of sp³-hybridized carbons (Fsp3) is 0.200. The van der Waals surface area contributed by atoms with Gasteiger partial charge in [-0.3, -0.25) is 10.1 Å². The zero-order chi connectivity index (χ0) is 13.0. The number of halogens is 1. The Balaban J connectivity index is 3.48. The van der Waals surface area contributed by atoms with E-state index in [2.05, 4.69) is 15.9 Å². The summed E-state index contributed by atoms with van der Waals surface area (Å²) >= 11 is 3.04. The third kappa shape index (κ3) is 2.79. The number of nitrogens with zero attached hydrogens (tertiary/aromatic N) is 2. The zero-order valence-corrected chi connectivity index (χ0v) is 10.4. The first kappa shape index (κ1) is 13.1. The predicted octanol–water partition coefficient (Wildman–Crippen LogP) is 2.41. The van der Waals surface area contributed by atoms with E-state index in [0.717, 1.165) is 6.07 Å². The van der Waals surface area contributed by atoms with Gasteiger partial charge in [-0.2, -0.15) is 5.26 Å². The molecule has 0 aliphatic carbocycles. The molecular weight excluding hydrogens is 292 g/mol. The highest BCUT2D eigenvalue weighted by atomic mass is 79.9. The monoisotopic (exact) mass is 298 g/mol. The lowest BCUT2D eigenvalue weighted by Gasteiger charge is -2.05. The summed E-state index contributed by atoms with van der Waals surface area (Å²) in [5, 5.41) is 19.7. The minimum atomic E-state index is -0.872. The van der Waals surface area contributed by atoms with E-state index in [9.17, 15) is 14.9 Å². The Labute approximate surface area is 105 Å². The predicted molar refractivity (Wildman–Crippen MR) is 61.5 cm³/mol. The first-order chi connectivity index (χ1) is 8.01. The van der Waals surface area contributed by atoms with Gasteiger partial charge in [0.05, 0.1) is 17.1 Å². The van der Waals surface area contributed by atoms with Gasteiger partial charge in [-0.1, -0.05) is 15.9 Å². The first-order valence-corrected chi connectivity index (χ1v) is 5.35. The Morgan fingerprint density at radius 1 is 1.65 bits per heavy atom. The Kier molecular flexibility index (Phi) is 4.17. The number of hydrogen-bond donors (Lipinski definition) is 0. The molecule has 1 aromatic rings. The molecule has 1 rings (SSSR count). The molecular formula is C10H7BrN2O4. The van der Waals surface area contributed by atoms with Crippen LogP contribution in [-0.4, -0.2) is 17.5 Å². The molecule has 0 N–H and O–H groups in total. The van der Waals surface area contributed by atoms with Crippen LogP contribution in [0, 0.1) is 21.4 Å². The second-order valence-electron chi connectivity index (χ2n) is 2.94. The molecule has 0 spiro atoms. The Hall–Kier alpha value is -1.94. The maximum absolute atomic E-state index is 11.6. The third-order valence-corrected chi connectivity index (χ3v) is 2.34. The lowest BCUT2D eigenvalue weighted by Crippen LogP contribution is -2.10. The van der Waals surface area contributed by atoms with Gasteiger partial charge in [0.15, 0.2) is 5.56 Å². The van der Waals surface area contributed by atoms with E-state index in [-0.39, 0.29) is 17.7 Å². The fourth-order valence-corrected chi connectivity index (χ4v) is 1.69. The van der Waals surface area contributed by atoms with E-state index in [4.69, 9.17) is 10.00 Å². The number of hydrogen-bond acceptors (Lipinski definition) is 5. The van der Waals surface area contributed by atoms with Crippen LogP contribution in [0.3, 0.4) is 0 Å². The van der Waals surface area contributed by atoms with Crippen LogP contribution in [0.1, 0.15) is 22.8 Å². The number of ether oxygens (including phenoxy) is 1. The summed E-state index contributed by atoms with van der Waals surface area (Å²) in [7, 11) is 0. The molecule has 0 aliphatic rings. The van der Waals surface area contributed by atoms with Gasteiger partial charge in [-0.25, -0.2) is 4.79 Å². The maximum Gasteiger partial charge on any atom is 0.346 e. The van der Waals surface area contributed by atoms with Crippen molar-refractivity contribution in [2.24, 2.45) is 0 Å². The summed E-state index contributed by atoms with van der Waals surface area (Å²) < 4.78 is 5.05. The van der Waals surface area contributed by atoms with Crippen molar-refractivity contribution < 1.29 is 14.5 Å². The summed E-state index contributed by atoms with van der Waals surface area (Å²) in [6.45, 7) is 1.66. The molecule has 0 fully saturated rings. The number of nitro groups is 1. The van der Waals surface area contributed by atoms with E-state index in [1.165, 1.54) is 6.07 Å². The third-order valence-electron chi connectivity index (χ3n) is 1.88. The molecule has 0 unspecified atom stereocenters. The highest BCUT2D eigenvalue weighted by Gasteiger charge is 2.26. The molecule has 0 aromatic heterocycles. The minimum Gasteiger partial charge on any atom is -0.462 e. The van der Waals surface area contributed by atoms with Gasteiger partial charge < -0.3 is 4.74 Å². The van der Waals surface area contributed by atoms with Crippen molar-refractivity contribution in [1.29, 1.82) is 5.26 Å². The van der Waals surface area contributed by atoms with E-state index in [1.54, 1.807) is 13.0 Å². The number of rotatable bonds is 3. The summed E-state index contributed by atoms with van der Waals surface area (Å²) in [6.07, 6.45) is 0. The maximum atomic E-state index is 11.6. The molecule has 0 bridgehead atoms. The van der Waals surface area contributed by atoms with Crippen LogP contribution in [0.15, 0.2) is 16.6 Å². The van der Waals surface area contributed by atoms with Crippen molar-refractivity contribution in [2.75, 3.05) is 6.61 Å². The molecule has 88 valence electrons. The average molecular weight is 299 g/mol. The topological polar surface area (TPSA) is 93.2 Å². The number of carbonyl (C=O) groups is 1. The van der Waals surface area contributed by atoms with Crippen LogP contribution in [0.4, 0.5) is 5.69 Å². The highest BCUT2D eigenvalue weighted by Crippen LogP contribution is 2.27. The average Bonchev–Trinajstić information content (AvgIpc) is 2.27. The largest absolute Gasteiger partial charge is 0.462 e. The summed E-state index contributed by atoms with van der Waals surface area (Å²) in [4.78, 5) is 21.7. The number of nitriles is 1. The fourth-order valence-electron chi connectivity index (χ4n) is 1.24. The normalized spacial score (nSPS) is 9.47. The number of carbonyl (C=O) groups excluding carboxylic acids is 1. The molecule has 0 saturated carbocycles. The van der Waals surface area contributed by atoms with Crippen LogP contribution in [0.5, 0.6) is 0 Å². The van der Waals surface area contributed by atoms with E-state index < -0.39 is 16.6 Å². The smallest absolute Gasteiger partial charge is 0.346 e. The van der Waals surface area contributed by atoms with Crippen molar-refractivity contribution in [3.8, 4) is 6.07 Å². The van der Waals surface area contributed by atoms with Crippen molar-refractivity contribution in [3.05, 3.63) is 37.8 Å². The van der Waals surface area contributed by atoms with Gasteiger partial charge >= 0.3 is 5.97 Å². The van der Waals surface area contributed by atoms with Gasteiger partial charge in [0.1, 0.15) is 6.07 Å². The van der Waals surface area contributed by atoms with E-state index >= 15 is 0 Å². The highest BCUT2D eigenvalue weighted by molar-refractivity contribution is 9.10. The molecule has 0 amide bonds. The zero-order valence-electron chi connectivity index (χ0n) is 8.77. The summed E-state index contributed by atoms with van der Waals surface area (Å²) in [5.41, 5.74) is -0.860.